The van der Waals surface area contributed by atoms with Crippen molar-refractivity contribution in [3.05, 3.63) is 90.4 Å². The highest BCUT2D eigenvalue weighted by Gasteiger charge is 2.31. The lowest BCUT2D eigenvalue weighted by atomic mass is 10.1. The molecule has 5 nitrogen and oxygen atoms in total. The van der Waals surface area contributed by atoms with Gasteiger partial charge in [0.25, 0.3) is 0 Å². The van der Waals surface area contributed by atoms with Crippen molar-refractivity contribution in [1.82, 2.24) is 15.1 Å². The summed E-state index contributed by atoms with van der Waals surface area (Å²) >= 11 is 0. The van der Waals surface area contributed by atoms with Gasteiger partial charge in [-0.1, -0.05) is 30.3 Å². The highest BCUT2D eigenvalue weighted by atomic mass is 19.1. The minimum atomic E-state index is -0.278. The van der Waals surface area contributed by atoms with Crippen molar-refractivity contribution in [1.29, 1.82) is 0 Å². The van der Waals surface area contributed by atoms with Gasteiger partial charge in [0.15, 0.2) is 0 Å². The summed E-state index contributed by atoms with van der Waals surface area (Å²) in [6, 6.07) is 22.0. The Bertz CT molecular complexity index is 1220. The predicted molar refractivity (Wildman–Crippen MR) is 121 cm³/mol. The molecule has 5 rings (SSSR count). The lowest BCUT2D eigenvalue weighted by Gasteiger charge is -2.20. The smallest absolute Gasteiger partial charge is 0.223 e. The van der Waals surface area contributed by atoms with Crippen LogP contribution in [0.3, 0.4) is 0 Å². The van der Waals surface area contributed by atoms with Crippen LogP contribution in [0.15, 0.2) is 79.0 Å². The third-order valence-electron chi connectivity index (χ3n) is 5.68. The molecule has 3 aromatic carbocycles. The maximum atomic E-state index is 13.2. The lowest BCUT2D eigenvalue weighted by molar-refractivity contribution is -0.123. The van der Waals surface area contributed by atoms with Crippen molar-refractivity contribution in [2.24, 2.45) is 5.92 Å². The van der Waals surface area contributed by atoms with Gasteiger partial charge in [-0.2, -0.15) is 5.10 Å². The third-order valence-corrected chi connectivity index (χ3v) is 5.68. The number of carbonyl (C=O) groups excluding carboxylic acids is 1. The Labute approximate surface area is 185 Å². The van der Waals surface area contributed by atoms with Gasteiger partial charge in [-0.25, -0.2) is 9.07 Å². The van der Waals surface area contributed by atoms with Crippen molar-refractivity contribution >= 4 is 16.8 Å². The molecule has 1 aromatic heterocycles. The number of aromatic nitrogens is 2. The van der Waals surface area contributed by atoms with Crippen LogP contribution < -0.4 is 10.1 Å². The zero-order valence-electron chi connectivity index (χ0n) is 17.6. The largest absolute Gasteiger partial charge is 0.491 e. The highest BCUT2D eigenvalue weighted by Crippen LogP contribution is 2.29. The summed E-state index contributed by atoms with van der Waals surface area (Å²) in [5, 5.41) is 8.51. The molecule has 1 unspecified atom stereocenters. The van der Waals surface area contributed by atoms with Gasteiger partial charge in [-0.05, 0) is 67.3 Å². The minimum Gasteiger partial charge on any atom is -0.491 e. The van der Waals surface area contributed by atoms with Crippen molar-refractivity contribution in [2.75, 3.05) is 6.61 Å². The Hall–Kier alpha value is -3.67. The van der Waals surface area contributed by atoms with Crippen LogP contribution in [0, 0.1) is 11.7 Å². The Balaban J connectivity index is 1.30. The zero-order valence-corrected chi connectivity index (χ0v) is 17.6. The topological polar surface area (TPSA) is 56.1 Å². The Kier molecular flexibility index (Phi) is 5.58. The van der Waals surface area contributed by atoms with Crippen LogP contribution in [-0.2, 0) is 11.2 Å². The minimum absolute atomic E-state index is 0.108. The van der Waals surface area contributed by atoms with E-state index in [1.807, 2.05) is 36.4 Å². The Morgan fingerprint density at radius 1 is 1.09 bits per heavy atom. The lowest BCUT2D eigenvalue weighted by Crippen LogP contribution is -2.41. The van der Waals surface area contributed by atoms with E-state index >= 15 is 0 Å². The van der Waals surface area contributed by atoms with Gasteiger partial charge in [0.05, 0.1) is 23.4 Å². The second-order valence-electron chi connectivity index (χ2n) is 8.23. The second-order valence-corrected chi connectivity index (χ2v) is 8.23. The quantitative estimate of drug-likeness (QED) is 0.442. The highest BCUT2D eigenvalue weighted by molar-refractivity contribution is 5.82. The molecule has 0 bridgehead atoms. The summed E-state index contributed by atoms with van der Waals surface area (Å²) in [5.41, 5.74) is 2.86. The van der Waals surface area contributed by atoms with Crippen LogP contribution in [0.1, 0.15) is 18.4 Å². The summed E-state index contributed by atoms with van der Waals surface area (Å²) in [7, 11) is 0. The van der Waals surface area contributed by atoms with Crippen LogP contribution in [0.5, 0.6) is 5.75 Å². The molecule has 0 radical (unpaired) electrons. The van der Waals surface area contributed by atoms with Crippen molar-refractivity contribution in [3.8, 4) is 11.4 Å². The van der Waals surface area contributed by atoms with E-state index in [2.05, 4.69) is 22.5 Å². The van der Waals surface area contributed by atoms with Crippen molar-refractivity contribution < 1.29 is 13.9 Å². The van der Waals surface area contributed by atoms with Gasteiger partial charge in [-0.3, -0.25) is 4.79 Å². The first kappa shape index (κ1) is 20.2. The maximum absolute atomic E-state index is 13.2. The zero-order chi connectivity index (χ0) is 21.9. The van der Waals surface area contributed by atoms with Crippen LogP contribution in [0.25, 0.3) is 16.6 Å². The number of fused-ring (bicyclic) bond motifs is 1. The normalized spacial score (nSPS) is 14.3. The number of nitrogens with one attached hydrogen (secondary N) is 1. The molecule has 1 heterocycles. The predicted octanol–water partition coefficient (Wildman–Crippen LogP) is 4.68. The van der Waals surface area contributed by atoms with Gasteiger partial charge in [0, 0.05) is 11.3 Å². The molecule has 1 saturated carbocycles. The van der Waals surface area contributed by atoms with E-state index in [-0.39, 0.29) is 23.7 Å². The summed E-state index contributed by atoms with van der Waals surface area (Å²) in [6.07, 6.45) is 4.42. The number of hydrogen-bond donors (Lipinski definition) is 1. The first-order valence-electron chi connectivity index (χ1n) is 10.9. The second kappa shape index (κ2) is 8.83. The van der Waals surface area contributed by atoms with Crippen molar-refractivity contribution in [3.63, 3.8) is 0 Å². The fourth-order valence-electron chi connectivity index (χ4n) is 3.80. The number of amides is 1. The number of benzene rings is 3. The molecule has 1 N–H and O–H groups in total. The van der Waals surface area contributed by atoms with Crippen LogP contribution in [-0.4, -0.2) is 28.3 Å². The number of ether oxygens (including phenoxy) is 1. The summed E-state index contributed by atoms with van der Waals surface area (Å²) in [4.78, 5) is 12.3. The van der Waals surface area contributed by atoms with Crippen LogP contribution in [0.2, 0.25) is 0 Å². The molecule has 32 heavy (non-hydrogen) atoms. The fraction of sp³-hybridized carbons (Fsp3) is 0.231. The van der Waals surface area contributed by atoms with Gasteiger partial charge in [-0.15, -0.1) is 0 Å². The summed E-state index contributed by atoms with van der Waals surface area (Å²) in [6.45, 7) is 0.380. The Morgan fingerprint density at radius 3 is 2.62 bits per heavy atom. The number of nitrogens with zero attached hydrogens (tertiary/aromatic N) is 2. The van der Waals surface area contributed by atoms with E-state index in [0.717, 1.165) is 40.7 Å². The third kappa shape index (κ3) is 4.64. The van der Waals surface area contributed by atoms with E-state index in [9.17, 15) is 9.18 Å². The molecule has 1 aliphatic carbocycles. The van der Waals surface area contributed by atoms with E-state index in [1.54, 1.807) is 23.0 Å². The number of hydrogen-bond acceptors (Lipinski definition) is 3. The summed E-state index contributed by atoms with van der Waals surface area (Å²) in [5.74, 6) is 0.710. The molecular formula is C26H24FN3O2. The SMILES string of the molecule is O=C(NC(COc1ccc2c(cnn2-c2ccc(F)cc2)c1)Cc1ccccc1)C1CC1. The molecule has 1 aliphatic rings. The molecule has 0 aliphatic heterocycles. The number of rotatable bonds is 8. The van der Waals surface area contributed by atoms with E-state index < -0.39 is 0 Å². The van der Waals surface area contributed by atoms with E-state index in [0.29, 0.717) is 13.0 Å². The molecule has 6 heteroatoms. The number of carbonyl (C=O) groups is 1. The molecule has 1 fully saturated rings. The molecule has 162 valence electrons. The van der Waals surface area contributed by atoms with Crippen LogP contribution >= 0.6 is 0 Å². The number of halogens is 1. The van der Waals surface area contributed by atoms with Gasteiger partial charge < -0.3 is 10.1 Å². The monoisotopic (exact) mass is 429 g/mol. The molecule has 0 saturated heterocycles. The van der Waals surface area contributed by atoms with E-state index in [4.69, 9.17) is 4.74 Å². The average molecular weight is 429 g/mol. The average Bonchev–Trinajstić information content (AvgIpc) is 3.59. The van der Waals surface area contributed by atoms with Gasteiger partial charge >= 0.3 is 0 Å². The molecule has 4 aromatic rings. The standard InChI is InChI=1S/C26H24FN3O2/c27-21-8-10-23(11-9-21)30-25-13-12-24(15-20(25)16-28-30)32-17-22(29-26(31)19-6-7-19)14-18-4-2-1-3-5-18/h1-5,8-13,15-16,19,22H,6-7,14,17H2,(H,29,31). The van der Waals surface area contributed by atoms with Gasteiger partial charge in [0.1, 0.15) is 18.2 Å². The maximum Gasteiger partial charge on any atom is 0.223 e. The fourth-order valence-corrected chi connectivity index (χ4v) is 3.80. The first-order valence-corrected chi connectivity index (χ1v) is 10.9. The molecule has 0 spiro atoms. The van der Waals surface area contributed by atoms with E-state index in [1.165, 1.54) is 12.1 Å². The van der Waals surface area contributed by atoms with Crippen LogP contribution in [0.4, 0.5) is 4.39 Å². The van der Waals surface area contributed by atoms with Gasteiger partial charge in [0.2, 0.25) is 5.91 Å². The molecule has 1 atom stereocenters. The van der Waals surface area contributed by atoms with Crippen molar-refractivity contribution in [2.45, 2.75) is 25.3 Å². The first-order chi connectivity index (χ1) is 15.7. The summed E-state index contributed by atoms with van der Waals surface area (Å²) < 4.78 is 21.1. The Morgan fingerprint density at radius 2 is 1.88 bits per heavy atom. The molecule has 1 amide bonds. The molecular weight excluding hydrogens is 405 g/mol.